The van der Waals surface area contributed by atoms with Gasteiger partial charge in [-0.05, 0) is 36.8 Å². The van der Waals surface area contributed by atoms with Crippen LogP contribution >= 0.6 is 11.8 Å². The van der Waals surface area contributed by atoms with Gasteiger partial charge in [0.25, 0.3) is 5.91 Å². The number of rotatable bonds is 4. The van der Waals surface area contributed by atoms with Crippen molar-refractivity contribution in [1.82, 2.24) is 4.90 Å². The number of amides is 1. The van der Waals surface area contributed by atoms with Crippen LogP contribution in [0.15, 0.2) is 24.3 Å². The molecule has 5 heteroatoms. The van der Waals surface area contributed by atoms with E-state index in [0.29, 0.717) is 19.1 Å². The van der Waals surface area contributed by atoms with E-state index in [1.165, 1.54) is 5.56 Å². The molecule has 2 aliphatic rings. The molecule has 0 N–H and O–H groups in total. The van der Waals surface area contributed by atoms with E-state index < -0.39 is 0 Å². The van der Waals surface area contributed by atoms with E-state index in [2.05, 4.69) is 18.4 Å². The van der Waals surface area contributed by atoms with Crippen molar-refractivity contribution >= 4 is 17.7 Å². The van der Waals surface area contributed by atoms with E-state index >= 15 is 0 Å². The SMILES string of the molecule is CSCc1ccc(C(=O)N2CCC(C3OCCO3)CC2)cc1. The normalized spacial score (nSPS) is 20.5. The number of nitrogens with zero attached hydrogens (tertiary/aromatic N) is 1. The molecule has 0 radical (unpaired) electrons. The van der Waals surface area contributed by atoms with E-state index in [1.54, 1.807) is 11.8 Å². The molecule has 0 aliphatic carbocycles. The van der Waals surface area contributed by atoms with Gasteiger partial charge in [-0.2, -0.15) is 11.8 Å². The number of piperidine rings is 1. The molecule has 22 heavy (non-hydrogen) atoms. The first kappa shape index (κ1) is 15.8. The van der Waals surface area contributed by atoms with Crippen molar-refractivity contribution < 1.29 is 14.3 Å². The van der Waals surface area contributed by atoms with Crippen molar-refractivity contribution in [2.75, 3.05) is 32.6 Å². The second kappa shape index (κ2) is 7.49. The fourth-order valence-electron chi connectivity index (χ4n) is 3.12. The number of likely N-dealkylation sites (tertiary alicyclic amines) is 1. The third-order valence-corrected chi connectivity index (χ3v) is 4.99. The van der Waals surface area contributed by atoms with Crippen LogP contribution in [0.1, 0.15) is 28.8 Å². The van der Waals surface area contributed by atoms with Crippen LogP contribution in [0, 0.1) is 5.92 Å². The highest BCUT2D eigenvalue weighted by Crippen LogP contribution is 2.26. The van der Waals surface area contributed by atoms with Crippen LogP contribution in [-0.4, -0.2) is 49.7 Å². The van der Waals surface area contributed by atoms with E-state index in [4.69, 9.17) is 9.47 Å². The number of thioether (sulfide) groups is 1. The Bertz CT molecular complexity index is 491. The van der Waals surface area contributed by atoms with Gasteiger partial charge >= 0.3 is 0 Å². The van der Waals surface area contributed by atoms with Crippen LogP contribution in [0.25, 0.3) is 0 Å². The van der Waals surface area contributed by atoms with E-state index in [1.807, 2.05) is 17.0 Å². The molecule has 120 valence electrons. The fourth-order valence-corrected chi connectivity index (χ4v) is 3.64. The lowest BCUT2D eigenvalue weighted by atomic mass is 9.95. The third-order valence-electron chi connectivity index (χ3n) is 4.37. The lowest BCUT2D eigenvalue weighted by Gasteiger charge is -2.33. The van der Waals surface area contributed by atoms with Crippen molar-refractivity contribution in [3.8, 4) is 0 Å². The first-order valence-corrected chi connectivity index (χ1v) is 9.27. The van der Waals surface area contributed by atoms with Crippen LogP contribution in [0.5, 0.6) is 0 Å². The molecule has 4 nitrogen and oxygen atoms in total. The average Bonchev–Trinajstić information content (AvgIpc) is 3.10. The van der Waals surface area contributed by atoms with E-state index in [-0.39, 0.29) is 12.2 Å². The van der Waals surface area contributed by atoms with Crippen LogP contribution in [0.4, 0.5) is 0 Å². The minimum atomic E-state index is -0.0527. The highest BCUT2D eigenvalue weighted by Gasteiger charge is 2.31. The van der Waals surface area contributed by atoms with Gasteiger partial charge in [0.1, 0.15) is 0 Å². The molecule has 2 fully saturated rings. The molecule has 2 aliphatic heterocycles. The molecule has 0 aromatic heterocycles. The lowest BCUT2D eigenvalue weighted by Crippen LogP contribution is -2.41. The zero-order chi connectivity index (χ0) is 15.4. The van der Waals surface area contributed by atoms with Gasteiger partial charge in [-0.25, -0.2) is 0 Å². The van der Waals surface area contributed by atoms with Gasteiger partial charge in [0, 0.05) is 30.3 Å². The fraction of sp³-hybridized carbons (Fsp3) is 0.588. The first-order chi connectivity index (χ1) is 10.8. The second-order valence-corrected chi connectivity index (χ2v) is 6.74. The van der Waals surface area contributed by atoms with Crippen molar-refractivity contribution in [2.45, 2.75) is 24.9 Å². The highest BCUT2D eigenvalue weighted by atomic mass is 32.2. The zero-order valence-electron chi connectivity index (χ0n) is 13.0. The zero-order valence-corrected chi connectivity index (χ0v) is 13.8. The molecule has 3 rings (SSSR count). The van der Waals surface area contributed by atoms with Gasteiger partial charge in [0.15, 0.2) is 6.29 Å². The van der Waals surface area contributed by atoms with Gasteiger partial charge in [-0.3, -0.25) is 4.79 Å². The van der Waals surface area contributed by atoms with Crippen LogP contribution in [-0.2, 0) is 15.2 Å². The van der Waals surface area contributed by atoms with Crippen LogP contribution in [0.3, 0.4) is 0 Å². The first-order valence-electron chi connectivity index (χ1n) is 7.88. The minimum Gasteiger partial charge on any atom is -0.350 e. The largest absolute Gasteiger partial charge is 0.350 e. The Morgan fingerprint density at radius 2 is 1.82 bits per heavy atom. The van der Waals surface area contributed by atoms with Gasteiger partial charge in [0.05, 0.1) is 13.2 Å². The summed E-state index contributed by atoms with van der Waals surface area (Å²) in [5.74, 6) is 1.55. The smallest absolute Gasteiger partial charge is 0.253 e. The van der Waals surface area contributed by atoms with Gasteiger partial charge in [-0.15, -0.1) is 0 Å². The number of carbonyl (C=O) groups is 1. The maximum absolute atomic E-state index is 12.6. The summed E-state index contributed by atoms with van der Waals surface area (Å²) in [5, 5.41) is 0. The number of hydrogen-bond donors (Lipinski definition) is 0. The van der Waals surface area contributed by atoms with E-state index in [0.717, 1.165) is 37.2 Å². The Morgan fingerprint density at radius 3 is 2.41 bits per heavy atom. The van der Waals surface area contributed by atoms with Crippen molar-refractivity contribution in [3.63, 3.8) is 0 Å². The Kier molecular flexibility index (Phi) is 5.39. The van der Waals surface area contributed by atoms with Crippen molar-refractivity contribution in [2.24, 2.45) is 5.92 Å². The van der Waals surface area contributed by atoms with Crippen molar-refractivity contribution in [3.05, 3.63) is 35.4 Å². The molecule has 1 amide bonds. The quantitative estimate of drug-likeness (QED) is 0.855. The predicted octanol–water partition coefficient (Wildman–Crippen LogP) is 2.77. The molecule has 0 saturated carbocycles. The van der Waals surface area contributed by atoms with Gasteiger partial charge in [0.2, 0.25) is 0 Å². The third kappa shape index (κ3) is 3.65. The Morgan fingerprint density at radius 1 is 1.18 bits per heavy atom. The average molecular weight is 321 g/mol. The van der Waals surface area contributed by atoms with E-state index in [9.17, 15) is 4.79 Å². The maximum Gasteiger partial charge on any atom is 0.253 e. The summed E-state index contributed by atoms with van der Waals surface area (Å²) in [7, 11) is 0. The molecule has 0 bridgehead atoms. The van der Waals surface area contributed by atoms with Crippen molar-refractivity contribution in [1.29, 1.82) is 0 Å². The number of carbonyl (C=O) groups excluding carboxylic acids is 1. The summed E-state index contributed by atoms with van der Waals surface area (Å²) in [6.45, 7) is 2.98. The molecule has 0 atom stereocenters. The molecule has 2 heterocycles. The highest BCUT2D eigenvalue weighted by molar-refractivity contribution is 7.97. The summed E-state index contributed by atoms with van der Waals surface area (Å²) in [5.41, 5.74) is 2.05. The number of benzene rings is 1. The Labute approximate surface area is 136 Å². The summed E-state index contributed by atoms with van der Waals surface area (Å²) >= 11 is 1.79. The van der Waals surface area contributed by atoms with Crippen LogP contribution in [0.2, 0.25) is 0 Å². The number of hydrogen-bond acceptors (Lipinski definition) is 4. The summed E-state index contributed by atoms with van der Waals surface area (Å²) in [4.78, 5) is 14.5. The van der Waals surface area contributed by atoms with Gasteiger partial charge in [-0.1, -0.05) is 12.1 Å². The summed E-state index contributed by atoms with van der Waals surface area (Å²) in [6, 6.07) is 8.00. The molecule has 0 unspecified atom stereocenters. The number of ether oxygens (including phenoxy) is 2. The topological polar surface area (TPSA) is 38.8 Å². The lowest BCUT2D eigenvalue weighted by molar-refractivity contribution is -0.0956. The Hall–Kier alpha value is -1.04. The summed E-state index contributed by atoms with van der Waals surface area (Å²) in [6.07, 6.45) is 3.95. The second-order valence-electron chi connectivity index (χ2n) is 5.87. The Balaban J connectivity index is 1.54. The maximum atomic E-state index is 12.6. The standard InChI is InChI=1S/C17H23NO3S/c1-22-12-13-2-4-14(5-3-13)16(19)18-8-6-15(7-9-18)17-20-10-11-21-17/h2-5,15,17H,6-12H2,1H3. The summed E-state index contributed by atoms with van der Waals surface area (Å²) < 4.78 is 11.2. The molecule has 1 aromatic rings. The molecule has 2 saturated heterocycles. The van der Waals surface area contributed by atoms with Crippen LogP contribution < -0.4 is 0 Å². The minimum absolute atomic E-state index is 0.0527. The predicted molar refractivity (Wildman–Crippen MR) is 88.0 cm³/mol. The molecular weight excluding hydrogens is 298 g/mol. The molecule has 1 aromatic carbocycles. The van der Waals surface area contributed by atoms with Gasteiger partial charge < -0.3 is 14.4 Å². The molecule has 0 spiro atoms. The monoisotopic (exact) mass is 321 g/mol. The molecular formula is C17H23NO3S.